The molecule has 0 saturated carbocycles. The molecule has 0 aliphatic carbocycles. The number of piperidine rings is 1. The molecule has 0 radical (unpaired) electrons. The zero-order valence-electron chi connectivity index (χ0n) is 18.4. The fourth-order valence-corrected chi connectivity index (χ4v) is 6.38. The van der Waals surface area contributed by atoms with Gasteiger partial charge in [-0.25, -0.2) is 22.8 Å². The minimum atomic E-state index is -3.93. The Morgan fingerprint density at radius 1 is 1.19 bits per heavy atom. The van der Waals surface area contributed by atoms with Crippen LogP contribution in [0.25, 0.3) is 0 Å². The number of fused-ring (bicyclic) bond motifs is 1. The predicted octanol–water partition coefficient (Wildman–Crippen LogP) is 2.78. The van der Waals surface area contributed by atoms with Gasteiger partial charge in [0.1, 0.15) is 16.1 Å². The van der Waals surface area contributed by atoms with Crippen LogP contribution in [0.15, 0.2) is 29.2 Å². The molecule has 3 heterocycles. The molecule has 0 spiro atoms. The Labute approximate surface area is 192 Å². The van der Waals surface area contributed by atoms with Crippen molar-refractivity contribution < 1.29 is 18.0 Å². The average molecular weight is 480 g/mol. The molecule has 4 rings (SSSR count). The number of urea groups is 1. The standard InChI is InChI=1S/C21H26ClN5O4S/c1-12(2)14-5-7-16(8-6-14)27-20(28)17-11-15(9-10-26(17)21(27)29)24-32(30,31)18-13(3)23-25(4)19(18)22/h5-8,12,15,17,24H,9-11H2,1-4H3/t15-,17+/m1/s1. The van der Waals surface area contributed by atoms with Crippen molar-refractivity contribution >= 4 is 39.2 Å². The van der Waals surface area contributed by atoms with E-state index in [2.05, 4.69) is 23.7 Å². The quantitative estimate of drug-likeness (QED) is 0.664. The van der Waals surface area contributed by atoms with Crippen molar-refractivity contribution in [1.82, 2.24) is 19.4 Å². The molecule has 3 amide bonds. The number of hydrogen-bond acceptors (Lipinski definition) is 5. The van der Waals surface area contributed by atoms with Gasteiger partial charge in [-0.2, -0.15) is 5.10 Å². The second-order valence-corrected chi connectivity index (χ2v) is 10.6. The van der Waals surface area contributed by atoms with E-state index in [1.807, 2.05) is 12.1 Å². The minimum absolute atomic E-state index is 0.0237. The van der Waals surface area contributed by atoms with Crippen LogP contribution in [0.5, 0.6) is 0 Å². The van der Waals surface area contributed by atoms with Crippen molar-refractivity contribution in [2.75, 3.05) is 11.4 Å². The molecule has 2 atom stereocenters. The number of sulfonamides is 1. The van der Waals surface area contributed by atoms with Crippen molar-refractivity contribution in [1.29, 1.82) is 0 Å². The van der Waals surface area contributed by atoms with E-state index >= 15 is 0 Å². The number of rotatable bonds is 5. The number of imide groups is 1. The normalized spacial score (nSPS) is 21.6. The Kier molecular flexibility index (Phi) is 5.81. The van der Waals surface area contributed by atoms with Crippen LogP contribution in [0.4, 0.5) is 10.5 Å². The first-order valence-corrected chi connectivity index (χ1v) is 12.3. The molecule has 0 unspecified atom stereocenters. The maximum Gasteiger partial charge on any atom is 0.332 e. The van der Waals surface area contributed by atoms with Gasteiger partial charge in [0.15, 0.2) is 0 Å². The Morgan fingerprint density at radius 3 is 2.41 bits per heavy atom. The number of aryl methyl sites for hydroxylation is 2. The summed E-state index contributed by atoms with van der Waals surface area (Å²) in [7, 11) is -2.37. The highest BCUT2D eigenvalue weighted by molar-refractivity contribution is 7.89. The van der Waals surface area contributed by atoms with Gasteiger partial charge in [0.05, 0.1) is 11.4 Å². The van der Waals surface area contributed by atoms with E-state index in [1.54, 1.807) is 26.1 Å². The smallest absolute Gasteiger partial charge is 0.312 e. The number of nitrogens with one attached hydrogen (secondary N) is 1. The van der Waals surface area contributed by atoms with Gasteiger partial charge in [-0.1, -0.05) is 37.6 Å². The molecule has 1 aromatic carbocycles. The summed E-state index contributed by atoms with van der Waals surface area (Å²) in [5, 5.41) is 4.08. The first kappa shape index (κ1) is 22.8. The van der Waals surface area contributed by atoms with Crippen LogP contribution in [0.2, 0.25) is 5.15 Å². The monoisotopic (exact) mass is 479 g/mol. The highest BCUT2D eigenvalue weighted by Crippen LogP contribution is 2.32. The van der Waals surface area contributed by atoms with Crippen LogP contribution in [-0.2, 0) is 21.9 Å². The Balaban J connectivity index is 1.52. The Hall–Kier alpha value is -2.43. The van der Waals surface area contributed by atoms with Gasteiger partial charge in [-0.15, -0.1) is 0 Å². The van der Waals surface area contributed by atoms with E-state index in [1.165, 1.54) is 14.5 Å². The summed E-state index contributed by atoms with van der Waals surface area (Å²) >= 11 is 6.13. The first-order chi connectivity index (χ1) is 15.0. The SMILES string of the molecule is Cc1nn(C)c(Cl)c1S(=O)(=O)N[C@@H]1CCN2C(=O)N(c3ccc(C(C)C)cc3)C(=O)[C@@H]2C1. The molecule has 2 aromatic rings. The molecule has 172 valence electrons. The summed E-state index contributed by atoms with van der Waals surface area (Å²) in [5.74, 6) is -0.00196. The van der Waals surface area contributed by atoms with Crippen molar-refractivity contribution in [2.45, 2.75) is 56.5 Å². The molecule has 2 aliphatic rings. The fourth-order valence-electron chi connectivity index (χ4n) is 4.35. The van der Waals surface area contributed by atoms with Crippen LogP contribution in [-0.4, -0.2) is 53.7 Å². The Bertz CT molecular complexity index is 1180. The fraction of sp³-hybridized carbons (Fsp3) is 0.476. The molecule has 11 heteroatoms. The van der Waals surface area contributed by atoms with Crippen molar-refractivity contribution in [3.05, 3.63) is 40.7 Å². The van der Waals surface area contributed by atoms with E-state index < -0.39 is 22.1 Å². The second kappa shape index (κ2) is 8.17. The third-order valence-electron chi connectivity index (χ3n) is 6.05. The second-order valence-electron chi connectivity index (χ2n) is 8.58. The molecule has 0 bridgehead atoms. The maximum absolute atomic E-state index is 13.1. The van der Waals surface area contributed by atoms with Crippen LogP contribution < -0.4 is 9.62 Å². The number of carbonyl (C=O) groups is 2. The van der Waals surface area contributed by atoms with E-state index in [0.717, 1.165) is 5.56 Å². The lowest BCUT2D eigenvalue weighted by Crippen LogP contribution is -2.49. The van der Waals surface area contributed by atoms with Crippen molar-refractivity contribution in [2.24, 2.45) is 7.05 Å². The lowest BCUT2D eigenvalue weighted by Gasteiger charge is -2.32. The van der Waals surface area contributed by atoms with Gasteiger partial charge in [0, 0.05) is 19.6 Å². The van der Waals surface area contributed by atoms with E-state index in [4.69, 9.17) is 11.6 Å². The number of aromatic nitrogens is 2. The summed E-state index contributed by atoms with van der Waals surface area (Å²) in [4.78, 5) is 28.7. The van der Waals surface area contributed by atoms with Gasteiger partial charge in [0.25, 0.3) is 5.91 Å². The summed E-state index contributed by atoms with van der Waals surface area (Å²) in [6, 6.07) is 5.79. The molecule has 2 saturated heterocycles. The molecule has 9 nitrogen and oxygen atoms in total. The third kappa shape index (κ3) is 3.80. The number of nitrogens with zero attached hydrogens (tertiary/aromatic N) is 4. The van der Waals surface area contributed by atoms with E-state index in [0.29, 0.717) is 23.7 Å². The Morgan fingerprint density at radius 2 is 1.84 bits per heavy atom. The maximum atomic E-state index is 13.1. The van der Waals surface area contributed by atoms with Crippen LogP contribution in [0.3, 0.4) is 0 Å². The lowest BCUT2D eigenvalue weighted by atomic mass is 9.99. The number of anilines is 1. The molecule has 1 N–H and O–H groups in total. The summed E-state index contributed by atoms with van der Waals surface area (Å²) in [6.45, 7) is 6.00. The van der Waals surface area contributed by atoms with Gasteiger partial charge >= 0.3 is 6.03 Å². The molecule has 2 aliphatic heterocycles. The third-order valence-corrected chi connectivity index (χ3v) is 8.27. The summed E-state index contributed by atoms with van der Waals surface area (Å²) in [5.41, 5.74) is 1.93. The molecular formula is C21H26ClN5O4S. The lowest BCUT2D eigenvalue weighted by molar-refractivity contribution is -0.120. The van der Waals surface area contributed by atoms with Crippen LogP contribution in [0.1, 0.15) is 43.9 Å². The summed E-state index contributed by atoms with van der Waals surface area (Å²) in [6.07, 6.45) is 0.590. The zero-order chi connectivity index (χ0) is 23.4. The number of halogens is 1. The van der Waals surface area contributed by atoms with Crippen molar-refractivity contribution in [3.8, 4) is 0 Å². The number of benzene rings is 1. The zero-order valence-corrected chi connectivity index (χ0v) is 19.9. The minimum Gasteiger partial charge on any atom is -0.312 e. The van der Waals surface area contributed by atoms with Gasteiger partial charge < -0.3 is 4.90 Å². The van der Waals surface area contributed by atoms with Crippen molar-refractivity contribution in [3.63, 3.8) is 0 Å². The number of hydrogen-bond donors (Lipinski definition) is 1. The topological polar surface area (TPSA) is 105 Å². The highest BCUT2D eigenvalue weighted by atomic mass is 35.5. The average Bonchev–Trinajstić information content (AvgIpc) is 3.13. The van der Waals surface area contributed by atoms with Gasteiger partial charge in [-0.3, -0.25) is 9.48 Å². The number of carbonyl (C=O) groups excluding carboxylic acids is 2. The highest BCUT2D eigenvalue weighted by Gasteiger charge is 2.49. The van der Waals surface area contributed by atoms with Crippen LogP contribution >= 0.6 is 11.6 Å². The summed E-state index contributed by atoms with van der Waals surface area (Å²) < 4.78 is 29.8. The predicted molar refractivity (Wildman–Crippen MR) is 120 cm³/mol. The largest absolute Gasteiger partial charge is 0.332 e. The van der Waals surface area contributed by atoms with Gasteiger partial charge in [0.2, 0.25) is 10.0 Å². The molecule has 2 fully saturated rings. The van der Waals surface area contributed by atoms with Gasteiger partial charge in [-0.05, 0) is 43.4 Å². The van der Waals surface area contributed by atoms with E-state index in [9.17, 15) is 18.0 Å². The number of amides is 3. The molecule has 32 heavy (non-hydrogen) atoms. The van der Waals surface area contributed by atoms with Crippen LogP contribution in [0, 0.1) is 6.92 Å². The first-order valence-electron chi connectivity index (χ1n) is 10.5. The molecule has 1 aromatic heterocycles. The molecular weight excluding hydrogens is 454 g/mol. The van der Waals surface area contributed by atoms with E-state index in [-0.39, 0.29) is 35.0 Å².